The number of aliphatic hydroxyl groups is 4. The molecule has 0 amide bonds. The Morgan fingerprint density at radius 3 is 1.17 bits per heavy atom. The number of nitrogens with zero attached hydrogens (tertiary/aromatic N) is 9. The van der Waals surface area contributed by atoms with Gasteiger partial charge in [0.15, 0.2) is 11.6 Å². The summed E-state index contributed by atoms with van der Waals surface area (Å²) in [5, 5.41) is 60.4. The van der Waals surface area contributed by atoms with Gasteiger partial charge in [0, 0.05) is 17.8 Å². The molecule has 2 aliphatic heterocycles. The predicted molar refractivity (Wildman–Crippen MR) is 385 cm³/mol. The van der Waals surface area contributed by atoms with E-state index in [0.717, 1.165) is 36.9 Å². The molecule has 2 unspecified atom stereocenters. The number of aldehydes is 1. The molecule has 8 heterocycles. The van der Waals surface area contributed by atoms with Gasteiger partial charge in [-0.2, -0.15) is 54.5 Å². The standard InChI is InChI=1S/C25H30F3N5O3S.C23H24F3N5O3S.C22H26F3N5O3S/c1-5-16(34)13-10-15(20-19(13)35-24(3,4)36-20)31-21-18(22-32-14-8-6-7-9-17(14)37-22)12(2)30-23(33-21)29-11-25(26,27)28;1-11-16(20-30-13-6-4-5-7-15(13)35-20)19(31-21(28-11)27-10-23(24,25)26)29-14-8-12(9-32)17-18(14)34-22(2,3)33-17;1-3-14(31)11-8-13(18(33)17(11)32)28-19-16(20-29-12-6-4-5-7-15(12)34-20)10(2)27-21(30-19)26-9-22(23,24)25/h6-9,13,15-16,19-20,34H,5,10-11H2,1-4H3,(H2,29,30,31,33);4-7,9,12,14,17-18H,8,10H2,1-3H3,(H2,27,28,29,31);4-7,11,13-14,17-18,31-33H,3,8-9H2,1-2H3,(H2,26,27,28,30)/t13-,15-,16?,19-,20+;12-,14-,17-,18+;11-,13-,14?,17-,18+/m111/s1. The largest absolute Gasteiger partial charge is 0.405 e. The number of nitrogens with one attached hydrogen (secondary N) is 6. The summed E-state index contributed by atoms with van der Waals surface area (Å²) in [5.41, 5.74) is 5.44. The summed E-state index contributed by atoms with van der Waals surface area (Å²) in [4.78, 5) is 51.7. The number of fused-ring (bicyclic) bond motifs is 5. The lowest BCUT2D eigenvalue weighted by molar-refractivity contribution is -0.161. The van der Waals surface area contributed by atoms with Crippen LogP contribution in [0.3, 0.4) is 0 Å². The van der Waals surface area contributed by atoms with Gasteiger partial charge in [-0.15, -0.1) is 34.0 Å². The molecule has 3 aromatic carbocycles. The van der Waals surface area contributed by atoms with Gasteiger partial charge in [-0.3, -0.25) is 0 Å². The van der Waals surface area contributed by atoms with E-state index in [0.29, 0.717) is 86.1 Å². The van der Waals surface area contributed by atoms with E-state index in [9.17, 15) is 64.7 Å². The zero-order chi connectivity index (χ0) is 76.1. The van der Waals surface area contributed by atoms with E-state index in [1.54, 1.807) is 41.5 Å². The van der Waals surface area contributed by atoms with E-state index in [-0.39, 0.29) is 66.2 Å². The van der Waals surface area contributed by atoms with Crippen molar-refractivity contribution in [3.05, 3.63) is 89.9 Å². The Morgan fingerprint density at radius 1 is 0.472 bits per heavy atom. The molecule has 9 aromatic rings. The molecule has 5 fully saturated rings. The molecule has 5 aliphatic rings. The molecule has 36 heteroatoms. The molecule has 14 atom stereocenters. The van der Waals surface area contributed by atoms with E-state index in [1.807, 2.05) is 93.6 Å². The highest BCUT2D eigenvalue weighted by Gasteiger charge is 2.57. The fourth-order valence-corrected chi connectivity index (χ4v) is 17.3. The number of ether oxygens (including phenoxy) is 4. The van der Waals surface area contributed by atoms with Crippen LogP contribution in [0.5, 0.6) is 0 Å². The maximum Gasteiger partial charge on any atom is 0.405 e. The van der Waals surface area contributed by atoms with Gasteiger partial charge in [0.25, 0.3) is 0 Å². The van der Waals surface area contributed by atoms with Crippen LogP contribution in [0, 0.1) is 38.5 Å². The summed E-state index contributed by atoms with van der Waals surface area (Å²) >= 11 is 4.29. The molecule has 6 aromatic heterocycles. The van der Waals surface area contributed by atoms with Gasteiger partial charge >= 0.3 is 18.5 Å². The minimum Gasteiger partial charge on any atom is -0.393 e. The normalized spacial score (nSPS) is 25.1. The molecule has 14 rings (SSSR count). The average Bonchev–Trinajstić information content (AvgIpc) is 1.60. The quantitative estimate of drug-likeness (QED) is 0.0250. The first-order valence-electron chi connectivity index (χ1n) is 34.4. The van der Waals surface area contributed by atoms with Crippen LogP contribution >= 0.6 is 34.0 Å². The van der Waals surface area contributed by atoms with Crippen LogP contribution in [0.4, 0.5) is 74.8 Å². The van der Waals surface area contributed by atoms with Crippen LogP contribution in [0.1, 0.15) is 90.7 Å². The van der Waals surface area contributed by atoms with Crippen molar-refractivity contribution >= 4 is 106 Å². The zero-order valence-corrected chi connectivity index (χ0v) is 61.2. The molecule has 0 bridgehead atoms. The molecule has 0 radical (unpaired) electrons. The Bertz CT molecular complexity index is 4510. The van der Waals surface area contributed by atoms with Crippen molar-refractivity contribution in [2.45, 2.75) is 191 Å². The van der Waals surface area contributed by atoms with Crippen LogP contribution in [-0.4, -0.2) is 188 Å². The van der Waals surface area contributed by atoms with Crippen LogP contribution in [0.15, 0.2) is 72.8 Å². The van der Waals surface area contributed by atoms with Crippen LogP contribution in [0.2, 0.25) is 0 Å². The molecule has 3 saturated carbocycles. The number of aryl methyl sites for hydroxylation is 3. The second-order valence-electron chi connectivity index (χ2n) is 27.6. The summed E-state index contributed by atoms with van der Waals surface area (Å²) in [6, 6.07) is 21.5. The Labute approximate surface area is 614 Å². The maximum atomic E-state index is 12.9. The van der Waals surface area contributed by atoms with E-state index < -0.39 is 98.3 Å². The van der Waals surface area contributed by atoms with Crippen molar-refractivity contribution in [3.8, 4) is 31.7 Å². The van der Waals surface area contributed by atoms with Crippen molar-refractivity contribution in [2.75, 3.05) is 51.5 Å². The number of anilines is 6. The second kappa shape index (κ2) is 31.0. The number of benzene rings is 3. The first-order chi connectivity index (χ1) is 50.0. The third-order valence-corrected chi connectivity index (χ3v) is 22.0. The third kappa shape index (κ3) is 17.8. The smallest absolute Gasteiger partial charge is 0.393 e. The van der Waals surface area contributed by atoms with Gasteiger partial charge < -0.3 is 76.1 Å². The molecule has 3 aliphatic carbocycles. The number of halogens is 9. The molecular weight excluding hydrogens is 1460 g/mol. The number of thiazole rings is 3. The lowest BCUT2D eigenvalue weighted by Gasteiger charge is -2.26. The Hall–Kier alpha value is -7.91. The SMILES string of the molecule is CCC(O)[C@H]1C[C@@H](Nc2nc(NCC(F)(F)F)nc(C)c2-c2nc3ccccc3s2)[C@@H]2OC(C)(C)O[C@@H]21.CCC(O)[C@H]1C[C@@H](Nc2nc(NCC(F)(F)F)nc(C)c2-c2nc3ccccc3s2)[C@H](O)[C@@H]1O.Cc1nc(NCC(F)(F)F)nc(N[C@@H]2C[C@H](C=O)[C@H]3OC(C)(C)O[C@H]32)c1-c1nc2ccccc2s1. The van der Waals surface area contributed by atoms with Gasteiger partial charge in [0.2, 0.25) is 17.8 Å². The monoisotopic (exact) mass is 1540 g/mol. The Morgan fingerprint density at radius 2 is 0.802 bits per heavy atom. The number of hydrogen-bond acceptors (Lipinski definition) is 27. The van der Waals surface area contributed by atoms with Crippen LogP contribution < -0.4 is 31.9 Å². The van der Waals surface area contributed by atoms with E-state index in [1.165, 1.54) is 34.0 Å². The zero-order valence-electron chi connectivity index (χ0n) is 58.7. The highest BCUT2D eigenvalue weighted by molar-refractivity contribution is 7.22. The lowest BCUT2D eigenvalue weighted by atomic mass is 9.96. The number of alkyl halides is 9. The summed E-state index contributed by atoms with van der Waals surface area (Å²) in [5.74, 6) is -2.39. The highest BCUT2D eigenvalue weighted by atomic mass is 32.1. The first-order valence-corrected chi connectivity index (χ1v) is 36.8. The lowest BCUT2D eigenvalue weighted by Crippen LogP contribution is -2.37. The second-order valence-corrected chi connectivity index (χ2v) is 30.7. The molecular formula is C70H80F9N15O9S3. The fraction of sp³-hybridized carbons (Fsp3) is 0.514. The first kappa shape index (κ1) is 77.7. The highest BCUT2D eigenvalue weighted by Crippen LogP contribution is 2.48. The van der Waals surface area contributed by atoms with Crippen LogP contribution in [-0.2, 0) is 23.7 Å². The van der Waals surface area contributed by atoms with Gasteiger partial charge in [0.05, 0.1) is 113 Å². The molecule has 106 heavy (non-hydrogen) atoms. The van der Waals surface area contributed by atoms with Crippen molar-refractivity contribution in [1.82, 2.24) is 44.9 Å². The molecule has 2 saturated heterocycles. The third-order valence-electron chi connectivity index (χ3n) is 18.8. The van der Waals surface area contributed by atoms with Gasteiger partial charge in [-0.1, -0.05) is 50.2 Å². The number of aliphatic hydroxyl groups excluding tert-OH is 4. The number of rotatable bonds is 20. The van der Waals surface area contributed by atoms with Gasteiger partial charge in [-0.25, -0.2) is 29.9 Å². The van der Waals surface area contributed by atoms with E-state index in [2.05, 4.69) is 66.8 Å². The minimum absolute atomic E-state index is 0.134. The van der Waals surface area contributed by atoms with Crippen molar-refractivity contribution in [1.29, 1.82) is 0 Å². The maximum absolute atomic E-state index is 12.9. The number of carbonyl (C=O) groups is 1. The Kier molecular flexibility index (Phi) is 22.7. The van der Waals surface area contributed by atoms with Crippen molar-refractivity contribution in [2.24, 2.45) is 17.8 Å². The predicted octanol–water partition coefficient (Wildman–Crippen LogP) is 13.0. The van der Waals surface area contributed by atoms with Gasteiger partial charge in [0.1, 0.15) is 76.7 Å². The summed E-state index contributed by atoms with van der Waals surface area (Å²) in [6.45, 7) is 12.2. The van der Waals surface area contributed by atoms with Crippen LogP contribution in [0.25, 0.3) is 62.4 Å². The number of carbonyl (C=O) groups excluding carboxylic acids is 1. The number of para-hydroxylation sites is 3. The fourth-order valence-electron chi connectivity index (χ4n) is 14.1. The summed E-state index contributed by atoms with van der Waals surface area (Å²) in [6.07, 6.45) is -15.5. The van der Waals surface area contributed by atoms with E-state index >= 15 is 0 Å². The van der Waals surface area contributed by atoms with Crippen molar-refractivity contribution in [3.63, 3.8) is 0 Å². The summed E-state index contributed by atoms with van der Waals surface area (Å²) < 4.78 is 143. The molecule has 10 N–H and O–H groups in total. The number of aromatic nitrogens is 9. The van der Waals surface area contributed by atoms with Crippen molar-refractivity contribution < 1.29 is 83.7 Å². The molecule has 0 spiro atoms. The average molecular weight is 1540 g/mol. The molecule has 570 valence electrons. The van der Waals surface area contributed by atoms with E-state index in [4.69, 9.17) is 28.9 Å². The molecule has 24 nitrogen and oxygen atoms in total. The number of hydrogen-bond donors (Lipinski definition) is 10. The topological polar surface area (TPSA) is 323 Å². The minimum atomic E-state index is -4.45. The summed E-state index contributed by atoms with van der Waals surface area (Å²) in [7, 11) is 0. The van der Waals surface area contributed by atoms with Gasteiger partial charge in [-0.05, 0) is 117 Å². The Balaban J connectivity index is 0.000000149.